The summed E-state index contributed by atoms with van der Waals surface area (Å²) < 4.78 is 39.0. The first-order chi connectivity index (χ1) is 3.73. The summed E-state index contributed by atoms with van der Waals surface area (Å²) in [6.07, 6.45) is 0. The molecule has 0 aromatic rings. The second-order valence-corrected chi connectivity index (χ2v) is 1.84. The van der Waals surface area contributed by atoms with Gasteiger partial charge in [-0.15, -0.1) is 0 Å². The van der Waals surface area contributed by atoms with Gasteiger partial charge in [0.2, 0.25) is 0 Å². The fourth-order valence-corrected chi connectivity index (χ4v) is 0. The lowest BCUT2D eigenvalue weighted by atomic mass is 10.3. The molecule has 0 saturated carbocycles. The predicted molar refractivity (Wildman–Crippen MR) is 33.4 cm³/mol. The van der Waals surface area contributed by atoms with Crippen molar-refractivity contribution in [2.75, 3.05) is 21.1 Å². The molecule has 0 radical (unpaired) electrons. The second kappa shape index (κ2) is 6.82. The molecule has 7 heteroatoms. The molecule has 0 fully saturated rings. The summed E-state index contributed by atoms with van der Waals surface area (Å²) in [5.74, 6) is 0. The van der Waals surface area contributed by atoms with Gasteiger partial charge in [0.05, 0.1) is 0 Å². The molecule has 0 amide bonds. The Bertz CT molecular complexity index is 57.3. The summed E-state index contributed by atoms with van der Waals surface area (Å²) in [5.41, 5.74) is 0. The summed E-state index contributed by atoms with van der Waals surface area (Å²) >= 11 is 0. The van der Waals surface area contributed by atoms with E-state index in [-0.39, 0.29) is 5.48 Å². The van der Waals surface area contributed by atoms with Crippen molar-refractivity contribution in [2.45, 2.75) is 0 Å². The summed E-state index contributed by atoms with van der Waals surface area (Å²) in [4.78, 5) is 2.00. The van der Waals surface area contributed by atoms with Gasteiger partial charge in [-0.05, 0) is 21.1 Å². The Morgan fingerprint density at radius 3 is 0.900 bits per heavy atom. The Morgan fingerprint density at radius 2 is 0.900 bits per heavy atom. The zero-order valence-electron chi connectivity index (χ0n) is 6.04. The minimum Gasteiger partial charge on any atom is -0.418 e. The topological polar surface area (TPSA) is 34.7 Å². The van der Waals surface area contributed by atoms with Crippen molar-refractivity contribution >= 4 is 7.25 Å². The van der Waals surface area contributed by atoms with Crippen LogP contribution in [0.3, 0.4) is 0 Å². The number of halogens is 4. The van der Waals surface area contributed by atoms with Gasteiger partial charge in [0.15, 0.2) is 0 Å². The highest BCUT2D eigenvalue weighted by Crippen LogP contribution is 2.06. The van der Waals surface area contributed by atoms with Gasteiger partial charge in [0.1, 0.15) is 0 Å². The van der Waals surface area contributed by atoms with Gasteiger partial charge in [0.25, 0.3) is 0 Å². The average Bonchev–Trinajstić information content (AvgIpc) is 1.19. The molecule has 2 N–H and O–H groups in total. The van der Waals surface area contributed by atoms with Crippen LogP contribution in [0.25, 0.3) is 0 Å². The SMILES string of the molecule is CN(C)C.F[B-](F)(F)F.O. The third-order valence-electron chi connectivity index (χ3n) is 0. The summed E-state index contributed by atoms with van der Waals surface area (Å²) in [6, 6.07) is 0. The molecule has 0 heterocycles. The van der Waals surface area contributed by atoms with Gasteiger partial charge in [-0.2, -0.15) is 0 Å². The maximum Gasteiger partial charge on any atom is 0.673 e. The van der Waals surface area contributed by atoms with E-state index in [2.05, 4.69) is 0 Å². The van der Waals surface area contributed by atoms with Crippen LogP contribution >= 0.6 is 0 Å². The lowest BCUT2D eigenvalue weighted by molar-refractivity contribution is 0.368. The van der Waals surface area contributed by atoms with E-state index in [9.17, 15) is 17.3 Å². The fraction of sp³-hybridized carbons (Fsp3) is 1.00. The smallest absolute Gasteiger partial charge is 0.418 e. The summed E-state index contributed by atoms with van der Waals surface area (Å²) in [6.45, 7) is 0. The number of hydrogen-bond acceptors (Lipinski definition) is 1. The standard InChI is InChI=1S/C3H9N.BF4.H2O/c1-4(2)3;2-1(3,4)5;/h1-3H3;;1H2/q;-1;. The molecule has 0 spiro atoms. The van der Waals surface area contributed by atoms with Crippen LogP contribution in [0.4, 0.5) is 17.3 Å². The molecule has 66 valence electrons. The van der Waals surface area contributed by atoms with E-state index in [0.717, 1.165) is 0 Å². The zero-order valence-corrected chi connectivity index (χ0v) is 6.04. The lowest BCUT2D eigenvalue weighted by Gasteiger charge is -1.94. The van der Waals surface area contributed by atoms with Crippen LogP contribution in [-0.4, -0.2) is 38.8 Å². The first-order valence-electron chi connectivity index (χ1n) is 2.21. The molecular formula is C3H11BF4NO-. The van der Waals surface area contributed by atoms with Crippen LogP contribution in [0.2, 0.25) is 0 Å². The maximum atomic E-state index is 9.75. The molecule has 0 aromatic carbocycles. The van der Waals surface area contributed by atoms with Gasteiger partial charge in [-0.1, -0.05) is 0 Å². The molecule has 0 unspecified atom stereocenters. The van der Waals surface area contributed by atoms with E-state index in [4.69, 9.17) is 0 Å². The van der Waals surface area contributed by atoms with Crippen molar-refractivity contribution in [3.63, 3.8) is 0 Å². The minimum absolute atomic E-state index is 0. The van der Waals surface area contributed by atoms with E-state index in [0.29, 0.717) is 0 Å². The van der Waals surface area contributed by atoms with Crippen LogP contribution in [-0.2, 0) is 0 Å². The van der Waals surface area contributed by atoms with Gasteiger partial charge >= 0.3 is 7.25 Å². The Balaban J connectivity index is -0.0000000910. The van der Waals surface area contributed by atoms with Crippen LogP contribution in [0.15, 0.2) is 0 Å². The van der Waals surface area contributed by atoms with Crippen LogP contribution in [0, 0.1) is 0 Å². The van der Waals surface area contributed by atoms with Crippen molar-refractivity contribution in [3.8, 4) is 0 Å². The largest absolute Gasteiger partial charge is 0.673 e. The summed E-state index contributed by atoms with van der Waals surface area (Å²) in [5, 5.41) is 0. The van der Waals surface area contributed by atoms with Crippen molar-refractivity contribution in [1.29, 1.82) is 0 Å². The van der Waals surface area contributed by atoms with Gasteiger partial charge in [0, 0.05) is 0 Å². The Morgan fingerprint density at radius 1 is 0.900 bits per heavy atom. The van der Waals surface area contributed by atoms with Crippen LogP contribution in [0.5, 0.6) is 0 Å². The maximum absolute atomic E-state index is 9.75. The Kier molecular flexibility index (Phi) is 11.2. The number of rotatable bonds is 0. The van der Waals surface area contributed by atoms with Gasteiger partial charge in [-0.3, -0.25) is 0 Å². The third kappa shape index (κ3) is 3980. The normalized spacial score (nSPS) is 9.60. The van der Waals surface area contributed by atoms with Gasteiger partial charge < -0.3 is 27.6 Å². The van der Waals surface area contributed by atoms with Crippen molar-refractivity contribution in [1.82, 2.24) is 4.90 Å². The molecule has 0 atom stereocenters. The molecule has 0 aliphatic heterocycles. The predicted octanol–water partition coefficient (Wildman–Crippen LogP) is 0.653. The minimum atomic E-state index is -6.00. The number of nitrogens with zero attached hydrogens (tertiary/aromatic N) is 1. The van der Waals surface area contributed by atoms with E-state index < -0.39 is 7.25 Å². The van der Waals surface area contributed by atoms with Crippen molar-refractivity contribution in [2.24, 2.45) is 0 Å². The average molecular weight is 164 g/mol. The van der Waals surface area contributed by atoms with Crippen molar-refractivity contribution < 1.29 is 22.7 Å². The van der Waals surface area contributed by atoms with Crippen LogP contribution < -0.4 is 0 Å². The monoisotopic (exact) mass is 164 g/mol. The molecule has 0 aliphatic carbocycles. The second-order valence-electron chi connectivity index (χ2n) is 1.84. The molecular weight excluding hydrogens is 153 g/mol. The Labute approximate surface area is 57.2 Å². The Hall–Kier alpha value is -0.295. The molecule has 0 aromatic heterocycles. The van der Waals surface area contributed by atoms with E-state index in [1.54, 1.807) is 0 Å². The highest BCUT2D eigenvalue weighted by atomic mass is 19.5. The van der Waals surface area contributed by atoms with E-state index in [1.165, 1.54) is 0 Å². The lowest BCUT2D eigenvalue weighted by Crippen LogP contribution is -2.02. The highest BCUT2D eigenvalue weighted by Gasteiger charge is 2.20. The molecule has 0 saturated heterocycles. The first-order valence-corrected chi connectivity index (χ1v) is 2.21. The first kappa shape index (κ1) is 16.4. The summed E-state index contributed by atoms with van der Waals surface area (Å²) in [7, 11) is 0. The molecule has 0 bridgehead atoms. The van der Waals surface area contributed by atoms with E-state index >= 15 is 0 Å². The van der Waals surface area contributed by atoms with Crippen LogP contribution in [0.1, 0.15) is 0 Å². The third-order valence-corrected chi connectivity index (χ3v) is 0. The van der Waals surface area contributed by atoms with E-state index in [1.807, 2.05) is 26.0 Å². The quantitative estimate of drug-likeness (QED) is 0.382. The van der Waals surface area contributed by atoms with Gasteiger partial charge in [-0.25, -0.2) is 0 Å². The molecule has 0 aliphatic rings. The fourth-order valence-electron chi connectivity index (χ4n) is 0. The zero-order chi connectivity index (χ0) is 8.08. The molecule has 10 heavy (non-hydrogen) atoms. The highest BCUT2D eigenvalue weighted by molar-refractivity contribution is 6.50. The van der Waals surface area contributed by atoms with Crippen molar-refractivity contribution in [3.05, 3.63) is 0 Å². The number of hydrogen-bond donors (Lipinski definition) is 0. The molecule has 0 rings (SSSR count). The molecule has 2 nitrogen and oxygen atoms in total.